The van der Waals surface area contributed by atoms with Crippen molar-refractivity contribution in [2.75, 3.05) is 26.0 Å². The highest BCUT2D eigenvalue weighted by Crippen LogP contribution is 2.40. The van der Waals surface area contributed by atoms with Crippen LogP contribution in [-0.2, 0) is 30.5 Å². The molecule has 0 radical (unpaired) electrons. The van der Waals surface area contributed by atoms with Crippen molar-refractivity contribution in [3.63, 3.8) is 0 Å². The van der Waals surface area contributed by atoms with E-state index in [9.17, 15) is 38.7 Å². The number of ether oxygens (including phenoxy) is 1. The number of fused-ring (bicyclic) bond motifs is 14. The maximum Gasteiger partial charge on any atom is 0.328 e. The van der Waals surface area contributed by atoms with Gasteiger partial charge in [0.2, 0.25) is 17.7 Å². The second-order valence-corrected chi connectivity index (χ2v) is 23.6. The van der Waals surface area contributed by atoms with Crippen LogP contribution in [0, 0.1) is 12.8 Å². The van der Waals surface area contributed by atoms with Crippen molar-refractivity contribution in [3.8, 4) is 43.4 Å². The van der Waals surface area contributed by atoms with Crippen molar-refractivity contribution in [2.45, 2.75) is 58.0 Å². The van der Waals surface area contributed by atoms with Crippen LogP contribution in [0.1, 0.15) is 106 Å². The highest BCUT2D eigenvalue weighted by molar-refractivity contribution is 7.15. The number of hydrogen-bond acceptors (Lipinski definition) is 22. The van der Waals surface area contributed by atoms with Crippen molar-refractivity contribution in [1.82, 2.24) is 61.5 Å². The van der Waals surface area contributed by atoms with Gasteiger partial charge in [-0.2, -0.15) is 0 Å². The molecule has 80 heavy (non-hydrogen) atoms. The third-order valence-electron chi connectivity index (χ3n) is 11.9. The first-order valence-electron chi connectivity index (χ1n) is 24.1. The molecule has 10 bridgehead atoms. The summed E-state index contributed by atoms with van der Waals surface area (Å²) >= 11 is 7.02. The van der Waals surface area contributed by atoms with Gasteiger partial charge >= 0.3 is 5.97 Å². The third-order valence-corrected chi connectivity index (χ3v) is 17.6. The topological polar surface area (TPSA) is 332 Å². The number of carboxylic acid groups (broad SMARTS) is 1. The number of rotatable bonds is 11. The molecule has 7 aromatic heterocycles. The predicted octanol–water partition coefficient (Wildman–Crippen LogP) is 6.89. The summed E-state index contributed by atoms with van der Waals surface area (Å²) in [6, 6.07) is 9.32. The van der Waals surface area contributed by atoms with Crippen molar-refractivity contribution in [1.29, 1.82) is 0 Å². The Labute approximate surface area is 479 Å². The molecule has 23 nitrogen and oxygen atoms in total. The van der Waals surface area contributed by atoms with Gasteiger partial charge in [0, 0.05) is 58.3 Å². The minimum Gasteiger partial charge on any atom is -0.478 e. The number of nitrogens with zero attached hydrogens (tertiary/aromatic N) is 7. The average Bonchev–Trinajstić information content (AvgIpc) is 4.33. The third kappa shape index (κ3) is 13.1. The Hall–Kier alpha value is -7.90. The van der Waals surface area contributed by atoms with Crippen molar-refractivity contribution < 1.29 is 48.5 Å². The number of aryl methyl sites for hydroxylation is 1. The van der Waals surface area contributed by atoms with E-state index in [1.165, 1.54) is 36.8 Å². The van der Waals surface area contributed by atoms with Gasteiger partial charge < -0.3 is 46.9 Å². The van der Waals surface area contributed by atoms with Crippen LogP contribution in [0.5, 0.6) is 0 Å². The number of benzene rings is 1. The summed E-state index contributed by atoms with van der Waals surface area (Å²) in [6.07, 6.45) is 0.0519. The minimum atomic E-state index is -1.29. The number of aliphatic carboxylic acids is 1. The Kier molecular flexibility index (Phi) is 17.8. The van der Waals surface area contributed by atoms with E-state index in [2.05, 4.69) is 46.9 Å². The zero-order valence-corrected chi connectivity index (χ0v) is 47.7. The highest BCUT2D eigenvalue weighted by Gasteiger charge is 2.33. The molecule has 8 heterocycles. The fourth-order valence-electron chi connectivity index (χ4n) is 7.96. The number of hydrogen-bond donors (Lipinski definition) is 8. The van der Waals surface area contributed by atoms with E-state index in [1.54, 1.807) is 70.9 Å². The first kappa shape index (κ1) is 56.8. The molecule has 6 amide bonds. The molecule has 1 aliphatic rings. The second-order valence-electron chi connectivity index (χ2n) is 17.8. The molecule has 0 saturated carbocycles. The number of carbonyl (C=O) groups is 7. The number of aromatic nitrogens is 7. The quantitative estimate of drug-likeness (QED) is 0.0611. The lowest BCUT2D eigenvalue weighted by Gasteiger charge is -2.23. The average molecular weight is 1190 g/mol. The molecule has 0 saturated heterocycles. The Morgan fingerprint density at radius 3 is 2.17 bits per heavy atom. The Morgan fingerprint density at radius 1 is 0.713 bits per heavy atom. The van der Waals surface area contributed by atoms with E-state index in [4.69, 9.17) is 29.8 Å². The number of nitrogens with one attached hydrogen (secondary N) is 6. The fraction of sp³-hybridized carbons (Fsp3) is 0.255. The lowest BCUT2D eigenvalue weighted by Crippen LogP contribution is -2.40. The molecule has 29 heteroatoms. The lowest BCUT2D eigenvalue weighted by atomic mass is 10.0. The summed E-state index contributed by atoms with van der Waals surface area (Å²) in [6.45, 7) is 4.92. The van der Waals surface area contributed by atoms with E-state index < -0.39 is 72.2 Å². The first-order valence-corrected chi connectivity index (χ1v) is 29.3. The normalized spacial score (nSPS) is 16.6. The zero-order chi connectivity index (χ0) is 56.8. The van der Waals surface area contributed by atoms with Gasteiger partial charge in [0.1, 0.15) is 82.2 Å². The standard InChI is InChI=1S/C51H47N13O10S6/c1-22(2)37-51-64-40(31(80-51)17-74-5)44(72)53-16-35(67)61-41(42(70)24-9-7-6-8-10-24)50-58-30(20-77-50)48-56-28(18-76-48)39-25(11-12-26(54-39)47-60-32(21-78-47)59-33(65)13-14-36(68)69)46-57-29(19-75-46)43(71)55-27(15-34(66)52-4)49-63-38(23(3)79-49)45(73)62-37/h6-14,18-22,27,37,41-42,70H,15-17H2,1-5H3,(H,52,66)(H,53,72)(H,55,71)(H,59,65)(H,61,67)(H,62,73)(H,68,69)/b14-13+/t27-,37+,41-,42-/m0/s1. The number of anilines is 1. The van der Waals surface area contributed by atoms with Crippen LogP contribution in [0.2, 0.25) is 0 Å². The van der Waals surface area contributed by atoms with Crippen LogP contribution < -0.4 is 31.9 Å². The molecule has 1 aliphatic heterocycles. The number of carboxylic acids is 1. The zero-order valence-electron chi connectivity index (χ0n) is 42.8. The summed E-state index contributed by atoms with van der Waals surface area (Å²) in [5, 5.41) is 46.2. The molecule has 0 fully saturated rings. The van der Waals surface area contributed by atoms with E-state index in [-0.39, 0.29) is 46.9 Å². The van der Waals surface area contributed by atoms with Gasteiger partial charge in [0.15, 0.2) is 0 Å². The first-order chi connectivity index (χ1) is 38.5. The van der Waals surface area contributed by atoms with E-state index in [0.29, 0.717) is 74.8 Å². The van der Waals surface area contributed by atoms with E-state index >= 15 is 0 Å². The number of pyridine rings is 1. The molecule has 8 N–H and O–H groups in total. The maximum absolute atomic E-state index is 14.2. The summed E-state index contributed by atoms with van der Waals surface area (Å²) in [5.74, 6) is -5.03. The van der Waals surface area contributed by atoms with Gasteiger partial charge in [-0.15, -0.1) is 68.0 Å². The van der Waals surface area contributed by atoms with E-state index in [1.807, 2.05) is 13.8 Å². The van der Waals surface area contributed by atoms with Gasteiger partial charge in [0.05, 0.1) is 42.2 Å². The SMILES string of the molecule is CNC(=O)C[C@@H]1NC(=O)c2csc(n2)-c2ccc(-c3nc(NC(=O)/C=C/C(=O)O)cs3)nc2-c2csc(n2)-c2csc(n2)[C@H]([C@@H](O)c2ccccc2)NC(=O)CNC(=O)c2nc(sc2COC)[C@@H](C(C)C)NC(=O)c2nc1sc2C. The molecule has 9 rings (SSSR count). The predicted molar refractivity (Wildman–Crippen MR) is 302 cm³/mol. The molecule has 0 unspecified atom stereocenters. The lowest BCUT2D eigenvalue weighted by molar-refractivity contribution is -0.131. The van der Waals surface area contributed by atoms with Crippen molar-refractivity contribution in [2.24, 2.45) is 5.92 Å². The van der Waals surface area contributed by atoms with E-state index in [0.717, 1.165) is 51.4 Å². The number of amides is 6. The number of thiazole rings is 6. The molecule has 1 aromatic carbocycles. The van der Waals surface area contributed by atoms with Crippen LogP contribution in [-0.4, -0.2) is 107 Å². The minimum absolute atomic E-state index is 0.00340. The molecule has 412 valence electrons. The molecule has 0 aliphatic carbocycles. The Balaban J connectivity index is 1.13. The summed E-state index contributed by atoms with van der Waals surface area (Å²) < 4.78 is 5.43. The summed E-state index contributed by atoms with van der Waals surface area (Å²) in [4.78, 5) is 127. The molecular weight excluding hydrogens is 1150 g/mol. The highest BCUT2D eigenvalue weighted by atomic mass is 32.1. The van der Waals surface area contributed by atoms with Crippen LogP contribution in [0.3, 0.4) is 0 Å². The largest absolute Gasteiger partial charge is 0.478 e. The maximum atomic E-state index is 14.2. The summed E-state index contributed by atoms with van der Waals surface area (Å²) in [7, 11) is 2.92. The molecule has 4 atom stereocenters. The number of methoxy groups -OCH3 is 1. The fourth-order valence-corrected chi connectivity index (χ4v) is 13.5. The Morgan fingerprint density at radius 2 is 1.43 bits per heavy atom. The monoisotopic (exact) mass is 1190 g/mol. The van der Waals surface area contributed by atoms with Gasteiger partial charge in [-0.3, -0.25) is 28.8 Å². The van der Waals surface area contributed by atoms with Gasteiger partial charge in [-0.25, -0.2) is 39.7 Å². The van der Waals surface area contributed by atoms with Crippen molar-refractivity contribution >= 4 is 115 Å². The van der Waals surface area contributed by atoms with Crippen LogP contribution in [0.15, 0.2) is 76.1 Å². The number of aliphatic hydroxyl groups is 1. The Bertz CT molecular complexity index is 3680. The molecule has 8 aromatic rings. The van der Waals surface area contributed by atoms with Crippen molar-refractivity contribution in [3.05, 3.63) is 124 Å². The smallest absolute Gasteiger partial charge is 0.328 e. The van der Waals surface area contributed by atoms with Gasteiger partial charge in [-0.1, -0.05) is 44.2 Å². The summed E-state index contributed by atoms with van der Waals surface area (Å²) in [5.41, 5.74) is 2.49. The molecular formula is C51H47N13O10S6. The van der Waals surface area contributed by atoms with Gasteiger partial charge in [-0.05, 0) is 30.5 Å². The number of carbonyl (C=O) groups excluding carboxylic acids is 6. The van der Waals surface area contributed by atoms with Crippen LogP contribution in [0.4, 0.5) is 5.82 Å². The number of aliphatic hydroxyl groups excluding tert-OH is 1. The van der Waals surface area contributed by atoms with Crippen LogP contribution >= 0.6 is 68.0 Å². The molecule has 0 spiro atoms. The second kappa shape index (κ2) is 25.0. The van der Waals surface area contributed by atoms with Gasteiger partial charge in [0.25, 0.3) is 17.7 Å². The van der Waals surface area contributed by atoms with Crippen LogP contribution in [0.25, 0.3) is 43.4 Å².